The zero-order valence-electron chi connectivity index (χ0n) is 10.9. The molecule has 0 fully saturated rings. The molecule has 1 atom stereocenters. The van der Waals surface area contributed by atoms with Gasteiger partial charge in [0.2, 0.25) is 0 Å². The molecule has 0 radical (unpaired) electrons. The second-order valence-electron chi connectivity index (χ2n) is 4.56. The van der Waals surface area contributed by atoms with Crippen molar-refractivity contribution >= 4 is 0 Å². The van der Waals surface area contributed by atoms with Gasteiger partial charge in [0.1, 0.15) is 0 Å². The summed E-state index contributed by atoms with van der Waals surface area (Å²) in [7, 11) is 0. The molecule has 1 aromatic rings. The van der Waals surface area contributed by atoms with E-state index in [1.54, 1.807) is 0 Å². The van der Waals surface area contributed by atoms with Gasteiger partial charge >= 0.3 is 0 Å². The van der Waals surface area contributed by atoms with Crippen molar-refractivity contribution in [2.24, 2.45) is 0 Å². The maximum atomic E-state index is 5.65. The van der Waals surface area contributed by atoms with Crippen LogP contribution in [0.4, 0.5) is 0 Å². The quantitative estimate of drug-likeness (QED) is 0.696. The van der Waals surface area contributed by atoms with Crippen LogP contribution in [0.1, 0.15) is 25.8 Å². The molecule has 0 aliphatic carbocycles. The fourth-order valence-electron chi connectivity index (χ4n) is 1.52. The molecule has 0 bridgehead atoms. The van der Waals surface area contributed by atoms with E-state index in [0.717, 1.165) is 19.6 Å². The van der Waals surface area contributed by atoms with Crippen LogP contribution in [-0.4, -0.2) is 19.2 Å². The first-order valence-electron chi connectivity index (χ1n) is 6.18. The van der Waals surface area contributed by atoms with Crippen LogP contribution in [0.3, 0.4) is 0 Å². The van der Waals surface area contributed by atoms with Crippen LogP contribution < -0.4 is 5.32 Å². The van der Waals surface area contributed by atoms with Gasteiger partial charge in [-0.1, -0.05) is 35.9 Å². The lowest BCUT2D eigenvalue weighted by Gasteiger charge is -2.14. The fraction of sp³-hybridized carbons (Fsp3) is 0.467. The Bertz CT molecular complexity index is 321. The van der Waals surface area contributed by atoms with Crippen LogP contribution in [0, 0.1) is 0 Å². The maximum Gasteiger partial charge on any atom is 0.0717 e. The molecule has 0 aliphatic rings. The minimum absolute atomic E-state index is 0.387. The van der Waals surface area contributed by atoms with Gasteiger partial charge in [-0.05, 0) is 32.4 Å². The molecule has 17 heavy (non-hydrogen) atoms. The lowest BCUT2D eigenvalue weighted by Crippen LogP contribution is -2.31. The van der Waals surface area contributed by atoms with E-state index >= 15 is 0 Å². The first kappa shape index (κ1) is 13.9. The highest BCUT2D eigenvalue weighted by atomic mass is 16.5. The minimum atomic E-state index is 0.387. The smallest absolute Gasteiger partial charge is 0.0717 e. The predicted octanol–water partition coefficient (Wildman–Crippen LogP) is 3.15. The second kappa shape index (κ2) is 8.04. The molecule has 0 heterocycles. The topological polar surface area (TPSA) is 21.3 Å². The number of hydrogen-bond acceptors (Lipinski definition) is 2. The predicted molar refractivity (Wildman–Crippen MR) is 73.0 cm³/mol. The van der Waals surface area contributed by atoms with Gasteiger partial charge in [0.25, 0.3) is 0 Å². The molecular formula is C15H23NO. The normalized spacial score (nSPS) is 12.4. The number of rotatable bonds is 8. The molecule has 1 rings (SSSR count). The summed E-state index contributed by atoms with van der Waals surface area (Å²) in [5, 5.41) is 3.41. The lowest BCUT2D eigenvalue weighted by atomic mass is 10.2. The van der Waals surface area contributed by atoms with Crippen molar-refractivity contribution in [2.75, 3.05) is 13.2 Å². The maximum absolute atomic E-state index is 5.65. The minimum Gasteiger partial charge on any atom is -0.375 e. The highest BCUT2D eigenvalue weighted by Gasteiger charge is 2.01. The molecular weight excluding hydrogens is 210 g/mol. The SMILES string of the molecule is C=C(C)CCNC(C)COCc1ccccc1. The molecule has 1 aromatic carbocycles. The Morgan fingerprint density at radius 2 is 2.06 bits per heavy atom. The van der Waals surface area contributed by atoms with Crippen LogP contribution in [0.2, 0.25) is 0 Å². The summed E-state index contributed by atoms with van der Waals surface area (Å²) in [6.07, 6.45) is 1.03. The Balaban J connectivity index is 2.08. The van der Waals surface area contributed by atoms with Crippen molar-refractivity contribution in [3.63, 3.8) is 0 Å². The van der Waals surface area contributed by atoms with Crippen molar-refractivity contribution in [3.8, 4) is 0 Å². The van der Waals surface area contributed by atoms with Crippen LogP contribution in [0.25, 0.3) is 0 Å². The molecule has 0 saturated heterocycles. The van der Waals surface area contributed by atoms with Gasteiger partial charge in [-0.15, -0.1) is 6.58 Å². The Morgan fingerprint density at radius 3 is 2.71 bits per heavy atom. The molecule has 2 nitrogen and oxygen atoms in total. The number of nitrogens with one attached hydrogen (secondary N) is 1. The Hall–Kier alpha value is -1.12. The van der Waals surface area contributed by atoms with E-state index < -0.39 is 0 Å². The average molecular weight is 233 g/mol. The van der Waals surface area contributed by atoms with E-state index in [2.05, 4.69) is 37.9 Å². The second-order valence-corrected chi connectivity index (χ2v) is 4.56. The summed E-state index contributed by atoms with van der Waals surface area (Å²) in [5.41, 5.74) is 2.44. The number of ether oxygens (including phenoxy) is 1. The summed E-state index contributed by atoms with van der Waals surface area (Å²) >= 11 is 0. The zero-order valence-corrected chi connectivity index (χ0v) is 10.9. The average Bonchev–Trinajstić information content (AvgIpc) is 2.30. The fourth-order valence-corrected chi connectivity index (χ4v) is 1.52. The molecule has 0 saturated carbocycles. The van der Waals surface area contributed by atoms with Crippen LogP contribution >= 0.6 is 0 Å². The Morgan fingerprint density at radius 1 is 1.35 bits per heavy atom. The van der Waals surface area contributed by atoms with E-state index in [1.165, 1.54) is 11.1 Å². The summed E-state index contributed by atoms with van der Waals surface area (Å²) in [4.78, 5) is 0. The van der Waals surface area contributed by atoms with Crippen LogP contribution in [0.15, 0.2) is 42.5 Å². The largest absolute Gasteiger partial charge is 0.375 e. The summed E-state index contributed by atoms with van der Waals surface area (Å²) in [6.45, 7) is 10.5. The van der Waals surface area contributed by atoms with Gasteiger partial charge in [-0.25, -0.2) is 0 Å². The van der Waals surface area contributed by atoms with Crippen LogP contribution in [-0.2, 0) is 11.3 Å². The third-order valence-electron chi connectivity index (χ3n) is 2.52. The summed E-state index contributed by atoms with van der Waals surface area (Å²) in [5.74, 6) is 0. The molecule has 0 aliphatic heterocycles. The van der Waals surface area contributed by atoms with Crippen molar-refractivity contribution in [1.82, 2.24) is 5.32 Å². The Labute approximate surface area is 105 Å². The van der Waals surface area contributed by atoms with Gasteiger partial charge < -0.3 is 10.1 Å². The number of hydrogen-bond donors (Lipinski definition) is 1. The van der Waals surface area contributed by atoms with Gasteiger partial charge in [-0.2, -0.15) is 0 Å². The van der Waals surface area contributed by atoms with Crippen molar-refractivity contribution in [3.05, 3.63) is 48.0 Å². The summed E-state index contributed by atoms with van der Waals surface area (Å²) < 4.78 is 5.65. The van der Waals surface area contributed by atoms with E-state index in [1.807, 2.05) is 18.2 Å². The molecule has 1 N–H and O–H groups in total. The zero-order chi connectivity index (χ0) is 12.5. The molecule has 0 amide bonds. The molecule has 0 aromatic heterocycles. The van der Waals surface area contributed by atoms with Crippen molar-refractivity contribution in [2.45, 2.75) is 32.9 Å². The first-order chi connectivity index (χ1) is 8.18. The van der Waals surface area contributed by atoms with Crippen LogP contribution in [0.5, 0.6) is 0 Å². The van der Waals surface area contributed by atoms with Gasteiger partial charge in [0, 0.05) is 6.04 Å². The first-order valence-corrected chi connectivity index (χ1v) is 6.18. The highest BCUT2D eigenvalue weighted by Crippen LogP contribution is 2.01. The Kier molecular flexibility index (Phi) is 6.60. The third kappa shape index (κ3) is 6.93. The molecule has 2 heteroatoms. The highest BCUT2D eigenvalue weighted by molar-refractivity contribution is 5.13. The summed E-state index contributed by atoms with van der Waals surface area (Å²) in [6, 6.07) is 10.6. The molecule has 94 valence electrons. The van der Waals surface area contributed by atoms with Crippen molar-refractivity contribution in [1.29, 1.82) is 0 Å². The third-order valence-corrected chi connectivity index (χ3v) is 2.52. The molecule has 0 spiro atoms. The number of benzene rings is 1. The van der Waals surface area contributed by atoms with Gasteiger partial charge in [0.15, 0.2) is 0 Å². The van der Waals surface area contributed by atoms with E-state index in [9.17, 15) is 0 Å². The van der Waals surface area contributed by atoms with Gasteiger partial charge in [0.05, 0.1) is 13.2 Å². The van der Waals surface area contributed by atoms with E-state index in [4.69, 9.17) is 4.74 Å². The van der Waals surface area contributed by atoms with E-state index in [0.29, 0.717) is 12.6 Å². The monoisotopic (exact) mass is 233 g/mol. The standard InChI is InChI=1S/C15H23NO/c1-13(2)9-10-16-14(3)11-17-12-15-7-5-4-6-8-15/h4-8,14,16H,1,9-12H2,2-3H3. The van der Waals surface area contributed by atoms with Crippen molar-refractivity contribution < 1.29 is 4.74 Å². The lowest BCUT2D eigenvalue weighted by molar-refractivity contribution is 0.103. The van der Waals surface area contributed by atoms with Gasteiger partial charge in [-0.3, -0.25) is 0 Å². The van der Waals surface area contributed by atoms with E-state index in [-0.39, 0.29) is 0 Å². The molecule has 1 unspecified atom stereocenters.